The molecule has 0 bridgehead atoms. The standard InChI is InChI=1S/C16H14N2O3S.C2H5NO/c19-9-12-13-10-20-21-15(13)4-3-14(12)18-6-7-22-16(18)11-2-1-5-17-8-11;1-2(3)4/h1-8,16,19H,9-10H2;1H3,(H2,3,4). The molecule has 0 saturated heterocycles. The van der Waals surface area contributed by atoms with E-state index in [2.05, 4.69) is 27.1 Å². The van der Waals surface area contributed by atoms with E-state index in [0.717, 1.165) is 22.4 Å². The third-order valence-electron chi connectivity index (χ3n) is 3.80. The van der Waals surface area contributed by atoms with Crippen molar-refractivity contribution in [2.24, 2.45) is 5.73 Å². The molecule has 26 heavy (non-hydrogen) atoms. The molecule has 0 spiro atoms. The van der Waals surface area contributed by atoms with E-state index in [4.69, 9.17) is 9.78 Å². The van der Waals surface area contributed by atoms with E-state index in [1.807, 2.05) is 30.6 Å². The van der Waals surface area contributed by atoms with Crippen molar-refractivity contribution in [3.8, 4) is 5.75 Å². The molecule has 0 saturated carbocycles. The zero-order valence-electron chi connectivity index (χ0n) is 14.2. The first-order chi connectivity index (χ1) is 12.6. The molecule has 0 aliphatic carbocycles. The Kier molecular flexibility index (Phi) is 5.77. The first-order valence-corrected chi connectivity index (χ1v) is 8.87. The van der Waals surface area contributed by atoms with Crippen molar-refractivity contribution in [2.75, 3.05) is 4.90 Å². The first kappa shape index (κ1) is 18.2. The number of rotatable bonds is 3. The van der Waals surface area contributed by atoms with Gasteiger partial charge in [-0.15, -0.1) is 11.8 Å². The number of nitrogens with zero attached hydrogens (tertiary/aromatic N) is 2. The second kappa shape index (κ2) is 8.22. The van der Waals surface area contributed by atoms with Gasteiger partial charge in [0.05, 0.1) is 6.61 Å². The highest BCUT2D eigenvalue weighted by Gasteiger charge is 2.28. The molecular weight excluding hydrogens is 354 g/mol. The minimum absolute atomic E-state index is 0.0556. The molecule has 1 aromatic heterocycles. The Balaban J connectivity index is 0.000000447. The van der Waals surface area contributed by atoms with E-state index in [1.165, 1.54) is 6.92 Å². The third-order valence-corrected chi connectivity index (χ3v) is 4.84. The average Bonchev–Trinajstić information content (AvgIpc) is 3.30. The van der Waals surface area contributed by atoms with Crippen molar-refractivity contribution in [2.45, 2.75) is 25.5 Å². The Labute approximate surface area is 155 Å². The van der Waals surface area contributed by atoms with Crippen LogP contribution in [0.15, 0.2) is 48.3 Å². The Morgan fingerprint density at radius 2 is 2.27 bits per heavy atom. The number of aliphatic hydroxyl groups excluding tert-OH is 1. The summed E-state index contributed by atoms with van der Waals surface area (Å²) in [6.07, 6.45) is 5.67. The first-order valence-electron chi connectivity index (χ1n) is 7.93. The predicted octanol–water partition coefficient (Wildman–Crippen LogP) is 2.61. The number of aliphatic hydroxyl groups is 1. The highest BCUT2D eigenvalue weighted by molar-refractivity contribution is 8.02. The number of nitrogens with two attached hydrogens (primary N) is 1. The Hall–Kier alpha value is -2.55. The summed E-state index contributed by atoms with van der Waals surface area (Å²) in [6, 6.07) is 7.83. The lowest BCUT2D eigenvalue weighted by atomic mass is 10.0. The number of aromatic nitrogens is 1. The number of amides is 1. The van der Waals surface area contributed by atoms with Crippen LogP contribution < -0.4 is 15.5 Å². The van der Waals surface area contributed by atoms with E-state index in [-0.39, 0.29) is 17.9 Å². The minimum Gasteiger partial charge on any atom is -0.392 e. The fraction of sp³-hybridized carbons (Fsp3) is 0.222. The summed E-state index contributed by atoms with van der Waals surface area (Å²) in [6.45, 7) is 1.61. The maximum absolute atomic E-state index is 9.82. The summed E-state index contributed by atoms with van der Waals surface area (Å²) >= 11 is 1.71. The average molecular weight is 373 g/mol. The molecule has 0 radical (unpaired) electrons. The Morgan fingerprint density at radius 3 is 2.96 bits per heavy atom. The molecule has 2 aliphatic rings. The molecule has 1 amide bonds. The van der Waals surface area contributed by atoms with Crippen molar-refractivity contribution < 1.29 is 19.7 Å². The van der Waals surface area contributed by atoms with Gasteiger partial charge in [0.1, 0.15) is 12.0 Å². The predicted molar refractivity (Wildman–Crippen MR) is 98.8 cm³/mol. The monoisotopic (exact) mass is 373 g/mol. The van der Waals surface area contributed by atoms with Gasteiger partial charge in [0, 0.05) is 47.9 Å². The van der Waals surface area contributed by atoms with Crippen molar-refractivity contribution in [1.29, 1.82) is 0 Å². The number of hydrogen-bond acceptors (Lipinski definition) is 7. The van der Waals surface area contributed by atoms with E-state index >= 15 is 0 Å². The second-order valence-electron chi connectivity index (χ2n) is 5.62. The molecule has 8 heteroatoms. The van der Waals surface area contributed by atoms with E-state index in [1.54, 1.807) is 18.0 Å². The topological polar surface area (TPSA) is 97.9 Å². The minimum atomic E-state index is -0.333. The molecule has 1 aromatic carbocycles. The smallest absolute Gasteiger partial charge is 0.214 e. The van der Waals surface area contributed by atoms with Gasteiger partial charge in [-0.25, -0.2) is 0 Å². The summed E-state index contributed by atoms with van der Waals surface area (Å²) in [5.41, 5.74) is 8.31. The van der Waals surface area contributed by atoms with Crippen LogP contribution >= 0.6 is 11.8 Å². The van der Waals surface area contributed by atoms with Gasteiger partial charge >= 0.3 is 0 Å². The summed E-state index contributed by atoms with van der Waals surface area (Å²) in [7, 11) is 0. The van der Waals surface area contributed by atoms with Crippen LogP contribution in [-0.4, -0.2) is 16.0 Å². The maximum Gasteiger partial charge on any atom is 0.214 e. The lowest BCUT2D eigenvalue weighted by Crippen LogP contribution is -2.19. The van der Waals surface area contributed by atoms with Crippen LogP contribution in [0, 0.1) is 0 Å². The highest BCUT2D eigenvalue weighted by Crippen LogP contribution is 2.45. The van der Waals surface area contributed by atoms with Crippen molar-refractivity contribution in [1.82, 2.24) is 4.98 Å². The molecule has 1 unspecified atom stereocenters. The molecule has 136 valence electrons. The molecule has 0 fully saturated rings. The second-order valence-corrected chi connectivity index (χ2v) is 6.61. The van der Waals surface area contributed by atoms with Crippen LogP contribution in [0.5, 0.6) is 5.75 Å². The SMILES string of the molecule is CC(N)=O.OCc1c(N2C=CSC2c2cccnc2)ccc2c1COO2. The van der Waals surface area contributed by atoms with Crippen molar-refractivity contribution in [3.63, 3.8) is 0 Å². The number of carbonyl (C=O) groups is 1. The summed E-state index contributed by atoms with van der Waals surface area (Å²) < 4.78 is 0. The van der Waals surface area contributed by atoms with Crippen molar-refractivity contribution >= 4 is 23.4 Å². The molecular formula is C18H19N3O4S. The van der Waals surface area contributed by atoms with E-state index in [9.17, 15) is 9.90 Å². The summed E-state index contributed by atoms with van der Waals surface area (Å²) in [5, 5.41) is 12.0. The summed E-state index contributed by atoms with van der Waals surface area (Å²) in [4.78, 5) is 25.7. The van der Waals surface area contributed by atoms with Crippen LogP contribution in [0.25, 0.3) is 0 Å². The van der Waals surface area contributed by atoms with Crippen LogP contribution in [0.2, 0.25) is 0 Å². The third kappa shape index (κ3) is 3.82. The number of hydrogen-bond donors (Lipinski definition) is 2. The van der Waals surface area contributed by atoms with Crippen LogP contribution in [0.3, 0.4) is 0 Å². The molecule has 3 heterocycles. The number of carbonyl (C=O) groups excluding carboxylic acids is 1. The quantitative estimate of drug-likeness (QED) is 0.798. The summed E-state index contributed by atoms with van der Waals surface area (Å²) in [5.74, 6) is 0.349. The van der Waals surface area contributed by atoms with Gasteiger partial charge in [0.25, 0.3) is 0 Å². The van der Waals surface area contributed by atoms with E-state index < -0.39 is 0 Å². The van der Waals surface area contributed by atoms with Gasteiger partial charge in [-0.05, 0) is 23.6 Å². The van der Waals surface area contributed by atoms with Gasteiger partial charge < -0.3 is 20.6 Å². The number of benzene rings is 1. The van der Waals surface area contributed by atoms with Crippen LogP contribution in [0.4, 0.5) is 5.69 Å². The lowest BCUT2D eigenvalue weighted by Gasteiger charge is -2.27. The largest absolute Gasteiger partial charge is 0.392 e. The lowest BCUT2D eigenvalue weighted by molar-refractivity contribution is -0.194. The maximum atomic E-state index is 9.82. The van der Waals surface area contributed by atoms with Gasteiger partial charge in [0.15, 0.2) is 5.75 Å². The molecule has 2 aromatic rings. The Bertz CT molecular complexity index is 810. The highest BCUT2D eigenvalue weighted by atomic mass is 32.2. The molecule has 2 aliphatic heterocycles. The number of pyridine rings is 1. The van der Waals surface area contributed by atoms with Gasteiger partial charge in [-0.1, -0.05) is 6.07 Å². The fourth-order valence-electron chi connectivity index (χ4n) is 2.75. The number of primary amides is 1. The fourth-order valence-corrected chi connectivity index (χ4v) is 3.71. The number of thioether (sulfide) groups is 1. The zero-order chi connectivity index (χ0) is 18.5. The van der Waals surface area contributed by atoms with Gasteiger partial charge in [-0.3, -0.25) is 9.78 Å². The van der Waals surface area contributed by atoms with E-state index in [0.29, 0.717) is 12.4 Å². The molecule has 1 atom stereocenters. The van der Waals surface area contributed by atoms with Crippen molar-refractivity contribution in [3.05, 3.63) is 65.0 Å². The molecule has 7 nitrogen and oxygen atoms in total. The molecule has 3 N–H and O–H groups in total. The zero-order valence-corrected chi connectivity index (χ0v) is 15.0. The number of fused-ring (bicyclic) bond motifs is 1. The van der Waals surface area contributed by atoms with Gasteiger partial charge in [-0.2, -0.15) is 4.89 Å². The van der Waals surface area contributed by atoms with Crippen LogP contribution in [-0.2, 0) is 22.9 Å². The Morgan fingerprint density at radius 1 is 1.46 bits per heavy atom. The van der Waals surface area contributed by atoms with Gasteiger partial charge in [0.2, 0.25) is 5.91 Å². The van der Waals surface area contributed by atoms with Crippen LogP contribution in [0.1, 0.15) is 29.0 Å². The normalized spacial score (nSPS) is 17.3. The number of anilines is 1. The molecule has 4 rings (SSSR count).